The van der Waals surface area contributed by atoms with Gasteiger partial charge in [0.15, 0.2) is 5.69 Å². The minimum Gasteiger partial charge on any atom is -0.381 e. The summed E-state index contributed by atoms with van der Waals surface area (Å²) in [7, 11) is 0. The Bertz CT molecular complexity index is 413. The zero-order chi connectivity index (χ0) is 13.7. The Balaban J connectivity index is 1.91. The van der Waals surface area contributed by atoms with E-state index >= 15 is 0 Å². The Labute approximate surface area is 112 Å². The number of rotatable bonds is 4. The van der Waals surface area contributed by atoms with Gasteiger partial charge in [0.25, 0.3) is 5.91 Å². The fraction of sp³-hybridized carbons (Fsp3) is 0.615. The van der Waals surface area contributed by atoms with Gasteiger partial charge in [-0.15, -0.1) is 10.2 Å². The average molecular weight is 264 g/mol. The third-order valence-corrected chi connectivity index (χ3v) is 2.89. The molecule has 0 spiro atoms. The molecule has 2 N–H and O–H groups in total. The van der Waals surface area contributed by atoms with Crippen molar-refractivity contribution in [2.75, 3.05) is 18.5 Å². The maximum atomic E-state index is 12.0. The van der Waals surface area contributed by atoms with E-state index in [1.54, 1.807) is 12.1 Å². The second-order valence-electron chi connectivity index (χ2n) is 4.96. The summed E-state index contributed by atoms with van der Waals surface area (Å²) >= 11 is 0. The van der Waals surface area contributed by atoms with E-state index in [1.807, 2.05) is 13.8 Å². The molecule has 1 aliphatic heterocycles. The molecule has 1 saturated heterocycles. The minimum atomic E-state index is -0.171. The molecule has 0 unspecified atom stereocenters. The van der Waals surface area contributed by atoms with Crippen LogP contribution in [0.15, 0.2) is 12.1 Å². The standard InChI is InChI=1S/C13H20N4O2/c1-9(2)14-12-4-3-11(16-17-12)13(18)15-10-5-7-19-8-6-10/h3-4,9-10H,5-8H2,1-2H3,(H,14,17)(H,15,18). The molecule has 2 rings (SSSR count). The Kier molecular flexibility index (Phi) is 4.68. The molecule has 104 valence electrons. The van der Waals surface area contributed by atoms with Crippen LogP contribution in [0.1, 0.15) is 37.2 Å². The highest BCUT2D eigenvalue weighted by molar-refractivity contribution is 5.92. The number of ether oxygens (including phenoxy) is 1. The maximum absolute atomic E-state index is 12.0. The Morgan fingerprint density at radius 3 is 2.63 bits per heavy atom. The number of nitrogens with zero attached hydrogens (tertiary/aromatic N) is 2. The van der Waals surface area contributed by atoms with Crippen molar-refractivity contribution in [2.24, 2.45) is 0 Å². The molecule has 6 heteroatoms. The number of hydrogen-bond donors (Lipinski definition) is 2. The van der Waals surface area contributed by atoms with Crippen LogP contribution in [0, 0.1) is 0 Å². The zero-order valence-electron chi connectivity index (χ0n) is 11.3. The largest absolute Gasteiger partial charge is 0.381 e. The number of carbonyl (C=O) groups excluding carboxylic acids is 1. The number of hydrogen-bond acceptors (Lipinski definition) is 5. The first-order chi connectivity index (χ1) is 9.15. The summed E-state index contributed by atoms with van der Waals surface area (Å²) < 4.78 is 5.25. The van der Waals surface area contributed by atoms with Gasteiger partial charge < -0.3 is 15.4 Å². The zero-order valence-corrected chi connectivity index (χ0v) is 11.3. The summed E-state index contributed by atoms with van der Waals surface area (Å²) in [5.74, 6) is 0.508. The fourth-order valence-corrected chi connectivity index (χ4v) is 1.93. The molecular formula is C13H20N4O2. The first kappa shape index (κ1) is 13.7. The number of nitrogens with one attached hydrogen (secondary N) is 2. The Hall–Kier alpha value is -1.69. The second-order valence-corrected chi connectivity index (χ2v) is 4.96. The lowest BCUT2D eigenvalue weighted by Crippen LogP contribution is -2.39. The SMILES string of the molecule is CC(C)Nc1ccc(C(=O)NC2CCOCC2)nn1. The first-order valence-corrected chi connectivity index (χ1v) is 6.64. The van der Waals surface area contributed by atoms with E-state index < -0.39 is 0 Å². The molecule has 0 saturated carbocycles. The molecule has 6 nitrogen and oxygen atoms in total. The molecule has 1 aromatic heterocycles. The third-order valence-electron chi connectivity index (χ3n) is 2.89. The van der Waals surface area contributed by atoms with Gasteiger partial charge in [-0.2, -0.15) is 0 Å². The monoisotopic (exact) mass is 264 g/mol. The van der Waals surface area contributed by atoms with E-state index in [0.717, 1.165) is 12.8 Å². The van der Waals surface area contributed by atoms with Gasteiger partial charge in [0.2, 0.25) is 0 Å². The number of carbonyl (C=O) groups is 1. The normalized spacial score (nSPS) is 16.4. The van der Waals surface area contributed by atoms with Crippen LogP contribution in [-0.2, 0) is 4.74 Å². The van der Waals surface area contributed by atoms with Gasteiger partial charge in [-0.1, -0.05) is 0 Å². The molecule has 0 aromatic carbocycles. The number of anilines is 1. The van der Waals surface area contributed by atoms with Crippen LogP contribution >= 0.6 is 0 Å². The predicted molar refractivity (Wildman–Crippen MR) is 72.1 cm³/mol. The first-order valence-electron chi connectivity index (χ1n) is 6.64. The summed E-state index contributed by atoms with van der Waals surface area (Å²) in [6.07, 6.45) is 1.71. The molecule has 0 aliphatic carbocycles. The van der Waals surface area contributed by atoms with Gasteiger partial charge in [0, 0.05) is 25.3 Å². The van der Waals surface area contributed by atoms with E-state index in [9.17, 15) is 4.79 Å². The van der Waals surface area contributed by atoms with E-state index in [-0.39, 0.29) is 18.0 Å². The van der Waals surface area contributed by atoms with Crippen molar-refractivity contribution < 1.29 is 9.53 Å². The molecule has 19 heavy (non-hydrogen) atoms. The lowest BCUT2D eigenvalue weighted by Gasteiger charge is -2.22. The van der Waals surface area contributed by atoms with Gasteiger partial charge in [-0.3, -0.25) is 4.79 Å². The van der Waals surface area contributed by atoms with Crippen molar-refractivity contribution in [3.63, 3.8) is 0 Å². The van der Waals surface area contributed by atoms with Crippen molar-refractivity contribution in [1.29, 1.82) is 0 Å². The van der Waals surface area contributed by atoms with E-state index in [0.29, 0.717) is 24.7 Å². The van der Waals surface area contributed by atoms with Crippen LogP contribution in [0.3, 0.4) is 0 Å². The van der Waals surface area contributed by atoms with Crippen LogP contribution < -0.4 is 10.6 Å². The lowest BCUT2D eigenvalue weighted by atomic mass is 10.1. The quantitative estimate of drug-likeness (QED) is 0.854. The molecule has 1 aliphatic rings. The van der Waals surface area contributed by atoms with Crippen LogP contribution in [0.25, 0.3) is 0 Å². The Morgan fingerprint density at radius 2 is 2.05 bits per heavy atom. The fourth-order valence-electron chi connectivity index (χ4n) is 1.93. The molecule has 1 aromatic rings. The minimum absolute atomic E-state index is 0.171. The molecule has 0 radical (unpaired) electrons. The van der Waals surface area contributed by atoms with Gasteiger partial charge in [-0.25, -0.2) is 0 Å². The third kappa shape index (κ3) is 4.17. The van der Waals surface area contributed by atoms with Crippen LogP contribution in [0.5, 0.6) is 0 Å². The van der Waals surface area contributed by atoms with Crippen molar-refractivity contribution >= 4 is 11.7 Å². The summed E-state index contributed by atoms with van der Waals surface area (Å²) in [5.41, 5.74) is 0.348. The molecular weight excluding hydrogens is 244 g/mol. The summed E-state index contributed by atoms with van der Waals surface area (Å²) in [6.45, 7) is 5.45. The molecule has 0 bridgehead atoms. The van der Waals surface area contributed by atoms with E-state index in [2.05, 4.69) is 20.8 Å². The van der Waals surface area contributed by atoms with Crippen LogP contribution in [0.2, 0.25) is 0 Å². The average Bonchev–Trinajstić information content (AvgIpc) is 2.40. The van der Waals surface area contributed by atoms with Gasteiger partial charge in [0.05, 0.1) is 0 Å². The second kappa shape index (κ2) is 6.47. The summed E-state index contributed by atoms with van der Waals surface area (Å²) in [6, 6.07) is 3.92. The van der Waals surface area contributed by atoms with Gasteiger partial charge in [0.1, 0.15) is 5.82 Å². The molecule has 0 atom stereocenters. The molecule has 2 heterocycles. The predicted octanol–water partition coefficient (Wildman–Crippen LogP) is 1.21. The maximum Gasteiger partial charge on any atom is 0.272 e. The van der Waals surface area contributed by atoms with Crippen LogP contribution in [-0.4, -0.2) is 41.4 Å². The van der Waals surface area contributed by atoms with Crippen molar-refractivity contribution in [1.82, 2.24) is 15.5 Å². The van der Waals surface area contributed by atoms with Crippen molar-refractivity contribution in [2.45, 2.75) is 38.8 Å². The highest BCUT2D eigenvalue weighted by Gasteiger charge is 2.17. The smallest absolute Gasteiger partial charge is 0.272 e. The summed E-state index contributed by atoms with van der Waals surface area (Å²) in [4.78, 5) is 12.0. The topological polar surface area (TPSA) is 76.1 Å². The molecule has 1 amide bonds. The van der Waals surface area contributed by atoms with Gasteiger partial charge in [-0.05, 0) is 38.8 Å². The molecule has 1 fully saturated rings. The summed E-state index contributed by atoms with van der Waals surface area (Å²) in [5, 5.41) is 14.0. The number of amides is 1. The van der Waals surface area contributed by atoms with E-state index in [1.165, 1.54) is 0 Å². The van der Waals surface area contributed by atoms with Crippen molar-refractivity contribution in [3.05, 3.63) is 17.8 Å². The lowest BCUT2D eigenvalue weighted by molar-refractivity contribution is 0.0693. The Morgan fingerprint density at radius 1 is 1.32 bits per heavy atom. The van der Waals surface area contributed by atoms with Crippen molar-refractivity contribution in [3.8, 4) is 0 Å². The number of aromatic nitrogens is 2. The van der Waals surface area contributed by atoms with Crippen LogP contribution in [0.4, 0.5) is 5.82 Å². The van der Waals surface area contributed by atoms with Gasteiger partial charge >= 0.3 is 0 Å². The van der Waals surface area contributed by atoms with E-state index in [4.69, 9.17) is 4.74 Å². The highest BCUT2D eigenvalue weighted by atomic mass is 16.5. The highest BCUT2D eigenvalue weighted by Crippen LogP contribution is 2.08.